The molecule has 2 aromatic heterocycles. The van der Waals surface area contributed by atoms with Gasteiger partial charge in [0.15, 0.2) is 11.7 Å². The number of nitrogens with zero attached hydrogens (tertiary/aromatic N) is 2. The first kappa shape index (κ1) is 23.6. The van der Waals surface area contributed by atoms with Crippen LogP contribution in [0, 0.1) is 6.92 Å². The van der Waals surface area contributed by atoms with Crippen molar-refractivity contribution in [1.29, 1.82) is 0 Å². The molecule has 0 atom stereocenters. The van der Waals surface area contributed by atoms with E-state index in [0.717, 1.165) is 46.3 Å². The lowest BCUT2D eigenvalue weighted by atomic mass is 9.96. The number of carbonyl (C=O) groups is 2. The topological polar surface area (TPSA) is 81.2 Å². The largest absolute Gasteiger partial charge is 0.452 e. The van der Waals surface area contributed by atoms with E-state index in [1.54, 1.807) is 0 Å². The maximum Gasteiger partial charge on any atom is 0.339 e. The van der Waals surface area contributed by atoms with Crippen molar-refractivity contribution in [2.24, 2.45) is 0 Å². The van der Waals surface area contributed by atoms with Gasteiger partial charge in [0.05, 0.1) is 16.8 Å². The summed E-state index contributed by atoms with van der Waals surface area (Å²) >= 11 is 1.33. The van der Waals surface area contributed by atoms with Gasteiger partial charge in [0, 0.05) is 22.0 Å². The molecule has 0 unspecified atom stereocenters. The summed E-state index contributed by atoms with van der Waals surface area (Å²) in [5.41, 5.74) is 5.99. The zero-order chi connectivity index (χ0) is 24.1. The summed E-state index contributed by atoms with van der Waals surface area (Å²) in [6, 6.07) is 15.6. The first-order chi connectivity index (χ1) is 16.5. The molecule has 2 heterocycles. The summed E-state index contributed by atoms with van der Waals surface area (Å²) in [6.45, 7) is 5.73. The average Bonchev–Trinajstić information content (AvgIpc) is 3.30. The van der Waals surface area contributed by atoms with E-state index in [-0.39, 0.29) is 6.61 Å². The predicted molar refractivity (Wildman–Crippen MR) is 136 cm³/mol. The van der Waals surface area contributed by atoms with Crippen LogP contribution < -0.4 is 5.32 Å². The summed E-state index contributed by atoms with van der Waals surface area (Å²) in [5, 5.41) is 5.82. The monoisotopic (exact) mass is 473 g/mol. The Kier molecular flexibility index (Phi) is 7.33. The van der Waals surface area contributed by atoms with Gasteiger partial charge in [-0.25, -0.2) is 9.78 Å². The molecule has 1 amide bonds. The van der Waals surface area contributed by atoms with E-state index < -0.39 is 11.9 Å². The van der Waals surface area contributed by atoms with Gasteiger partial charge >= 0.3 is 5.97 Å². The summed E-state index contributed by atoms with van der Waals surface area (Å²) in [6.07, 6.45) is 2.36. The van der Waals surface area contributed by atoms with Gasteiger partial charge in [0.2, 0.25) is 0 Å². The third-order valence-electron chi connectivity index (χ3n) is 5.56. The number of pyridine rings is 1. The lowest BCUT2D eigenvalue weighted by molar-refractivity contribution is -0.119. The molecule has 7 heteroatoms. The Balaban J connectivity index is 1.48. The SMILES string of the molecule is CCCc1nc2ccccc2c(C(=O)OCC(=O)Nc2nc(-c3ccc(C)cc3)cs2)c1CC. The van der Waals surface area contributed by atoms with Crippen molar-refractivity contribution in [3.05, 3.63) is 76.3 Å². The number of ether oxygens (including phenoxy) is 1. The van der Waals surface area contributed by atoms with Crippen LogP contribution in [0.5, 0.6) is 0 Å². The third kappa shape index (κ3) is 5.15. The van der Waals surface area contributed by atoms with Crippen LogP contribution in [0.4, 0.5) is 5.13 Å². The maximum absolute atomic E-state index is 13.1. The number of fused-ring (bicyclic) bond motifs is 1. The summed E-state index contributed by atoms with van der Waals surface area (Å²) in [7, 11) is 0. The highest BCUT2D eigenvalue weighted by Gasteiger charge is 2.21. The number of esters is 1. The molecular weight excluding hydrogens is 446 g/mol. The van der Waals surface area contributed by atoms with E-state index in [2.05, 4.69) is 17.2 Å². The van der Waals surface area contributed by atoms with Gasteiger partial charge < -0.3 is 4.74 Å². The minimum atomic E-state index is -0.512. The Morgan fingerprint density at radius 3 is 2.53 bits per heavy atom. The zero-order valence-corrected chi connectivity index (χ0v) is 20.4. The summed E-state index contributed by atoms with van der Waals surface area (Å²) < 4.78 is 5.45. The highest BCUT2D eigenvalue weighted by Crippen LogP contribution is 2.27. The number of hydrogen-bond donors (Lipinski definition) is 1. The van der Waals surface area contributed by atoms with Crippen LogP contribution in [0.2, 0.25) is 0 Å². The lowest BCUT2D eigenvalue weighted by Crippen LogP contribution is -2.22. The molecule has 1 N–H and O–H groups in total. The minimum Gasteiger partial charge on any atom is -0.452 e. The van der Waals surface area contributed by atoms with Gasteiger partial charge in [0.1, 0.15) is 0 Å². The fraction of sp³-hybridized carbons (Fsp3) is 0.259. The third-order valence-corrected chi connectivity index (χ3v) is 6.31. The number of aromatic nitrogens is 2. The van der Waals surface area contributed by atoms with E-state index in [4.69, 9.17) is 9.72 Å². The molecule has 0 saturated heterocycles. The standard InChI is InChI=1S/C27H27N3O3S/c1-4-8-21-19(5-2)25(20-9-6-7-10-22(20)28-21)26(32)33-15-24(31)30-27-29-23(16-34-27)18-13-11-17(3)12-14-18/h6-7,9-14,16H,4-5,8,15H2,1-3H3,(H,29,30,31). The summed E-state index contributed by atoms with van der Waals surface area (Å²) in [4.78, 5) is 34.9. The van der Waals surface area contributed by atoms with Gasteiger partial charge in [-0.15, -0.1) is 11.3 Å². The molecule has 34 heavy (non-hydrogen) atoms. The number of carbonyl (C=O) groups excluding carboxylic acids is 2. The number of hydrogen-bond acceptors (Lipinski definition) is 6. The molecule has 4 aromatic rings. The normalized spacial score (nSPS) is 10.9. The van der Waals surface area contributed by atoms with Crippen LogP contribution in [0.15, 0.2) is 53.9 Å². The van der Waals surface area contributed by atoms with Crippen LogP contribution in [-0.4, -0.2) is 28.5 Å². The van der Waals surface area contributed by atoms with Crippen molar-refractivity contribution in [3.63, 3.8) is 0 Å². The van der Waals surface area contributed by atoms with Gasteiger partial charge in [0.25, 0.3) is 5.91 Å². The molecule has 0 saturated carbocycles. The fourth-order valence-corrected chi connectivity index (χ4v) is 4.64. The van der Waals surface area contributed by atoms with E-state index in [1.165, 1.54) is 16.9 Å². The number of benzene rings is 2. The molecule has 2 aromatic carbocycles. The van der Waals surface area contributed by atoms with Gasteiger partial charge in [-0.05, 0) is 31.4 Å². The first-order valence-electron chi connectivity index (χ1n) is 11.4. The first-order valence-corrected chi connectivity index (χ1v) is 12.3. The predicted octanol–water partition coefficient (Wildman–Crippen LogP) is 5.98. The minimum absolute atomic E-state index is 0.388. The van der Waals surface area contributed by atoms with E-state index in [1.807, 2.05) is 67.8 Å². The molecule has 0 radical (unpaired) electrons. The Bertz CT molecular complexity index is 1330. The molecule has 0 spiro atoms. The highest BCUT2D eigenvalue weighted by molar-refractivity contribution is 7.14. The van der Waals surface area contributed by atoms with E-state index in [0.29, 0.717) is 17.1 Å². The second-order valence-corrected chi connectivity index (χ2v) is 8.92. The van der Waals surface area contributed by atoms with E-state index in [9.17, 15) is 9.59 Å². The highest BCUT2D eigenvalue weighted by atomic mass is 32.1. The molecule has 6 nitrogen and oxygen atoms in total. The van der Waals surface area contributed by atoms with Crippen molar-refractivity contribution in [2.45, 2.75) is 40.0 Å². The number of nitrogens with one attached hydrogen (secondary N) is 1. The molecular formula is C27H27N3O3S. The molecule has 0 fully saturated rings. The number of aryl methyl sites for hydroxylation is 2. The van der Waals surface area contributed by atoms with Crippen LogP contribution in [0.1, 0.15) is 47.4 Å². The second kappa shape index (κ2) is 10.6. The van der Waals surface area contributed by atoms with Crippen LogP contribution in [0.25, 0.3) is 22.2 Å². The molecule has 0 aliphatic carbocycles. The Hall–Kier alpha value is -3.58. The van der Waals surface area contributed by atoms with Gasteiger partial charge in [-0.1, -0.05) is 68.3 Å². The van der Waals surface area contributed by atoms with Gasteiger partial charge in [-0.2, -0.15) is 0 Å². The smallest absolute Gasteiger partial charge is 0.339 e. The van der Waals surface area contributed by atoms with Crippen molar-refractivity contribution in [3.8, 4) is 11.3 Å². The lowest BCUT2D eigenvalue weighted by Gasteiger charge is -2.15. The number of para-hydroxylation sites is 1. The van der Waals surface area contributed by atoms with Gasteiger partial charge in [-0.3, -0.25) is 15.1 Å². The van der Waals surface area contributed by atoms with Crippen molar-refractivity contribution in [2.75, 3.05) is 11.9 Å². The number of thiazole rings is 1. The number of amides is 1. The van der Waals surface area contributed by atoms with Crippen LogP contribution in [0.3, 0.4) is 0 Å². The molecule has 0 aliphatic heterocycles. The molecule has 174 valence electrons. The van der Waals surface area contributed by atoms with Crippen LogP contribution in [-0.2, 0) is 22.4 Å². The number of anilines is 1. The quantitative estimate of drug-likeness (QED) is 0.319. The van der Waals surface area contributed by atoms with Crippen molar-refractivity contribution in [1.82, 2.24) is 9.97 Å². The second-order valence-electron chi connectivity index (χ2n) is 8.06. The molecule has 4 rings (SSSR count). The van der Waals surface area contributed by atoms with Crippen LogP contribution >= 0.6 is 11.3 Å². The van der Waals surface area contributed by atoms with Crippen molar-refractivity contribution >= 4 is 39.2 Å². The van der Waals surface area contributed by atoms with Crippen molar-refractivity contribution < 1.29 is 14.3 Å². The van der Waals surface area contributed by atoms with E-state index >= 15 is 0 Å². The Morgan fingerprint density at radius 2 is 1.79 bits per heavy atom. The Labute approximate surface area is 203 Å². The zero-order valence-electron chi connectivity index (χ0n) is 19.6. The summed E-state index contributed by atoms with van der Waals surface area (Å²) in [5.74, 6) is -0.939. The average molecular weight is 474 g/mol. The maximum atomic E-state index is 13.1. The molecule has 0 bridgehead atoms. The number of rotatable bonds is 8. The fourth-order valence-electron chi connectivity index (χ4n) is 3.91. The Morgan fingerprint density at radius 1 is 1.03 bits per heavy atom. The molecule has 0 aliphatic rings.